The lowest BCUT2D eigenvalue weighted by Crippen LogP contribution is -2.67. The molecule has 8 heteroatoms. The molecule has 2 aromatic rings. The van der Waals surface area contributed by atoms with Crippen LogP contribution in [0.1, 0.15) is 40.9 Å². The zero-order chi connectivity index (χ0) is 25.4. The molecule has 188 valence electrons. The van der Waals surface area contributed by atoms with E-state index in [1.807, 2.05) is 18.2 Å². The monoisotopic (exact) mass is 489 g/mol. The van der Waals surface area contributed by atoms with E-state index in [1.54, 1.807) is 31.4 Å². The minimum absolute atomic E-state index is 0.000934. The van der Waals surface area contributed by atoms with Crippen molar-refractivity contribution in [3.8, 4) is 11.8 Å². The average molecular weight is 490 g/mol. The zero-order valence-electron chi connectivity index (χ0n) is 20.8. The molecule has 2 aromatic carbocycles. The second-order valence-electron chi connectivity index (χ2n) is 9.83. The van der Waals surface area contributed by atoms with E-state index < -0.39 is 12.0 Å². The van der Waals surface area contributed by atoms with Gasteiger partial charge in [0.2, 0.25) is 0 Å². The third-order valence-corrected chi connectivity index (χ3v) is 8.00. The molecule has 0 radical (unpaired) electrons. The predicted octanol–water partition coefficient (Wildman–Crippen LogP) is 2.98. The zero-order valence-corrected chi connectivity index (χ0v) is 20.8. The summed E-state index contributed by atoms with van der Waals surface area (Å²) in [5, 5.41) is 10.4. The van der Waals surface area contributed by atoms with Gasteiger partial charge in [0.15, 0.2) is 0 Å². The second kappa shape index (κ2) is 9.92. The van der Waals surface area contributed by atoms with Crippen molar-refractivity contribution in [2.45, 2.75) is 50.0 Å². The molecule has 2 saturated heterocycles. The summed E-state index contributed by atoms with van der Waals surface area (Å²) in [6, 6.07) is 16.8. The molecular weight excluding hydrogens is 458 g/mol. The van der Waals surface area contributed by atoms with E-state index in [9.17, 15) is 14.9 Å². The van der Waals surface area contributed by atoms with Crippen LogP contribution in [0.4, 0.5) is 0 Å². The number of nitrogens with zero attached hydrogens (tertiary/aromatic N) is 3. The van der Waals surface area contributed by atoms with Crippen molar-refractivity contribution in [2.24, 2.45) is 5.92 Å². The van der Waals surface area contributed by atoms with Gasteiger partial charge in [-0.05, 0) is 43.7 Å². The van der Waals surface area contributed by atoms with Crippen LogP contribution < -0.4 is 4.74 Å². The van der Waals surface area contributed by atoms with Gasteiger partial charge in [0, 0.05) is 36.5 Å². The van der Waals surface area contributed by atoms with Crippen LogP contribution in [0.3, 0.4) is 0 Å². The number of fused-ring (bicyclic) bond motifs is 5. The van der Waals surface area contributed by atoms with Crippen molar-refractivity contribution in [3.63, 3.8) is 0 Å². The normalized spacial score (nSPS) is 28.9. The molecule has 8 nitrogen and oxygen atoms in total. The Labute approximate surface area is 211 Å². The Morgan fingerprint density at radius 2 is 1.83 bits per heavy atom. The van der Waals surface area contributed by atoms with Crippen molar-refractivity contribution < 1.29 is 23.8 Å². The Kier molecular flexibility index (Phi) is 6.69. The van der Waals surface area contributed by atoms with E-state index in [0.717, 1.165) is 29.7 Å². The Morgan fingerprint density at radius 1 is 1.06 bits per heavy atom. The molecule has 3 aliphatic rings. The molecule has 0 saturated carbocycles. The molecule has 3 aliphatic heterocycles. The Bertz CT molecular complexity index is 1180. The highest BCUT2D eigenvalue weighted by Gasteiger charge is 2.58. The highest BCUT2D eigenvalue weighted by Crippen LogP contribution is 2.49. The summed E-state index contributed by atoms with van der Waals surface area (Å²) in [5.41, 5.74) is 2.58. The van der Waals surface area contributed by atoms with E-state index in [0.29, 0.717) is 12.2 Å². The molecule has 0 amide bonds. The van der Waals surface area contributed by atoms with Crippen LogP contribution in [0.15, 0.2) is 48.5 Å². The van der Waals surface area contributed by atoms with Crippen LogP contribution in [0.2, 0.25) is 0 Å². The fraction of sp³-hybridized carbons (Fsp3) is 0.464. The molecule has 0 aromatic heterocycles. The van der Waals surface area contributed by atoms with Gasteiger partial charge in [-0.1, -0.05) is 30.3 Å². The Hall–Kier alpha value is -3.41. The number of piperazine rings is 1. The standard InChI is InChI=1S/C28H31N3O5/c1-17(32)35-15-20-13-21-23(14-29)31-22(27(20)30(21)2)12-19-10-7-11-25(34-3)26(19)24(31)16-36-28(33)18-8-5-4-6-9-18/h4-11,20-24,27H,12-13,15-16H2,1-3H3/t20-,21-,22-,23-,24-,27+/m0/s1. The number of methoxy groups -OCH3 is 1. The molecular formula is C28H31N3O5. The van der Waals surface area contributed by atoms with Crippen LogP contribution in [-0.4, -0.2) is 73.3 Å². The number of hydrogen-bond acceptors (Lipinski definition) is 8. The van der Waals surface area contributed by atoms with Gasteiger partial charge >= 0.3 is 11.9 Å². The number of ether oxygens (including phenoxy) is 3. The largest absolute Gasteiger partial charge is 0.496 e. The van der Waals surface area contributed by atoms with Crippen LogP contribution >= 0.6 is 0 Å². The third-order valence-electron chi connectivity index (χ3n) is 8.00. The summed E-state index contributed by atoms with van der Waals surface area (Å²) < 4.78 is 17.0. The molecule has 3 heterocycles. The highest BCUT2D eigenvalue weighted by molar-refractivity contribution is 5.89. The van der Waals surface area contributed by atoms with Gasteiger partial charge in [-0.2, -0.15) is 5.26 Å². The average Bonchev–Trinajstić information content (AvgIpc) is 3.13. The van der Waals surface area contributed by atoms with Crippen molar-refractivity contribution in [2.75, 3.05) is 27.4 Å². The van der Waals surface area contributed by atoms with Gasteiger partial charge in [0.05, 0.1) is 31.4 Å². The van der Waals surface area contributed by atoms with Crippen molar-refractivity contribution in [3.05, 3.63) is 65.2 Å². The molecule has 5 rings (SSSR count). The maximum atomic E-state index is 12.9. The minimum Gasteiger partial charge on any atom is -0.496 e. The lowest BCUT2D eigenvalue weighted by molar-refractivity contribution is -0.143. The van der Waals surface area contributed by atoms with Gasteiger partial charge < -0.3 is 14.2 Å². The molecule has 0 unspecified atom stereocenters. The van der Waals surface area contributed by atoms with Crippen molar-refractivity contribution >= 4 is 11.9 Å². The first-order valence-electron chi connectivity index (χ1n) is 12.3. The quantitative estimate of drug-likeness (QED) is 0.572. The first-order chi connectivity index (χ1) is 17.4. The van der Waals surface area contributed by atoms with Gasteiger partial charge in [-0.15, -0.1) is 0 Å². The number of carbonyl (C=O) groups excluding carboxylic acids is 2. The van der Waals surface area contributed by atoms with Gasteiger partial charge in [-0.25, -0.2) is 4.79 Å². The van der Waals surface area contributed by atoms with E-state index >= 15 is 0 Å². The summed E-state index contributed by atoms with van der Waals surface area (Å²) in [6.07, 6.45) is 1.50. The first kappa shape index (κ1) is 24.3. The fourth-order valence-corrected chi connectivity index (χ4v) is 6.56. The minimum atomic E-state index is -0.405. The summed E-state index contributed by atoms with van der Waals surface area (Å²) >= 11 is 0. The highest BCUT2D eigenvalue weighted by atomic mass is 16.5. The van der Waals surface area contributed by atoms with Crippen LogP contribution in [0.5, 0.6) is 5.75 Å². The Morgan fingerprint density at radius 3 is 2.53 bits per heavy atom. The fourth-order valence-electron chi connectivity index (χ4n) is 6.56. The number of hydrogen-bond donors (Lipinski definition) is 0. The number of esters is 2. The molecule has 2 bridgehead atoms. The SMILES string of the molecule is COc1cccc2c1[C@H](COC(=O)c1ccccc1)N1[C@@H](C#N)[C@@H]3C[C@@H](COC(C)=O)[C@H]([C@@H]1C2)N3C. The molecule has 0 N–H and O–H groups in total. The first-order valence-corrected chi connectivity index (χ1v) is 12.3. The van der Waals surface area contributed by atoms with E-state index in [4.69, 9.17) is 14.2 Å². The maximum Gasteiger partial charge on any atom is 0.338 e. The second-order valence-corrected chi connectivity index (χ2v) is 9.83. The predicted molar refractivity (Wildman–Crippen MR) is 131 cm³/mol. The van der Waals surface area contributed by atoms with E-state index in [-0.39, 0.29) is 42.7 Å². The molecule has 36 heavy (non-hydrogen) atoms. The van der Waals surface area contributed by atoms with Crippen LogP contribution in [0, 0.1) is 17.2 Å². The van der Waals surface area contributed by atoms with Crippen LogP contribution in [0.25, 0.3) is 0 Å². The van der Waals surface area contributed by atoms with Gasteiger partial charge in [-0.3, -0.25) is 14.6 Å². The van der Waals surface area contributed by atoms with Gasteiger partial charge in [0.1, 0.15) is 18.4 Å². The third kappa shape index (κ3) is 4.12. The molecule has 6 atom stereocenters. The molecule has 0 spiro atoms. The van der Waals surface area contributed by atoms with Crippen molar-refractivity contribution in [1.82, 2.24) is 9.80 Å². The lowest BCUT2D eigenvalue weighted by atomic mass is 9.80. The smallest absolute Gasteiger partial charge is 0.338 e. The Balaban J connectivity index is 1.53. The number of likely N-dealkylation sites (N-methyl/N-ethyl adjacent to an activating group) is 1. The number of benzene rings is 2. The van der Waals surface area contributed by atoms with Crippen molar-refractivity contribution in [1.29, 1.82) is 5.26 Å². The summed E-state index contributed by atoms with van der Waals surface area (Å²) in [4.78, 5) is 29.0. The summed E-state index contributed by atoms with van der Waals surface area (Å²) in [6.45, 7) is 1.87. The number of carbonyl (C=O) groups is 2. The molecule has 2 fully saturated rings. The number of rotatable bonds is 6. The topological polar surface area (TPSA) is 92.1 Å². The van der Waals surface area contributed by atoms with E-state index in [1.165, 1.54) is 6.92 Å². The lowest BCUT2D eigenvalue weighted by Gasteiger charge is -2.54. The summed E-state index contributed by atoms with van der Waals surface area (Å²) in [5.74, 6) is 0.158. The maximum absolute atomic E-state index is 12.9. The summed E-state index contributed by atoms with van der Waals surface area (Å²) in [7, 11) is 3.70. The molecule has 0 aliphatic carbocycles. The van der Waals surface area contributed by atoms with E-state index in [2.05, 4.69) is 29.0 Å². The number of nitriles is 1. The van der Waals surface area contributed by atoms with Gasteiger partial charge in [0.25, 0.3) is 0 Å². The van der Waals surface area contributed by atoms with Crippen LogP contribution in [-0.2, 0) is 20.7 Å².